The van der Waals surface area contributed by atoms with E-state index in [-0.39, 0.29) is 31.4 Å². The largest absolute Gasteiger partial charge is 0.449 e. The van der Waals surface area contributed by atoms with Crippen LogP contribution in [0.4, 0.5) is 9.59 Å². The third-order valence-corrected chi connectivity index (χ3v) is 13.4. The number of allylic oxidation sites excluding steroid dienone is 1. The number of ether oxygens (including phenoxy) is 2. The molecular formula is C38H49N5O9S. The summed E-state index contributed by atoms with van der Waals surface area (Å²) >= 11 is 0. The first kappa shape index (κ1) is 36.9. The van der Waals surface area contributed by atoms with Crippen LogP contribution in [0.1, 0.15) is 88.8 Å². The molecule has 53 heavy (non-hydrogen) atoms. The molecule has 0 unspecified atom stereocenters. The van der Waals surface area contributed by atoms with Gasteiger partial charge >= 0.3 is 12.2 Å². The number of rotatable bonds is 6. The molecule has 0 radical (unpaired) electrons. The Balaban J connectivity index is 1.16. The summed E-state index contributed by atoms with van der Waals surface area (Å²) in [6.07, 6.45) is 7.84. The topological polar surface area (TPSA) is 181 Å². The standard InChI is InChI=1S/C38H49N5O9S/c1-5-25-18-38(25,33(46)41-53(49,50)27-12-13-27)40-31(44)29-17-26-20-43(29)32(45)30(36(2,3)4)39-34(47)51-22-37(15-16-37)14-7-6-9-23-10-8-11-24-19-42(21-28(23)24)35(48)52-26/h5-6,8-11,25-27,29-30H,1,7,12-22H2,2-4H3,(H,39,47)(H,40,44)(H,41,46)/t25-,26-,29+,30-,38-/m1/s1. The highest BCUT2D eigenvalue weighted by molar-refractivity contribution is 7.91. The zero-order chi connectivity index (χ0) is 37.9. The van der Waals surface area contributed by atoms with E-state index in [2.05, 4.69) is 34.1 Å². The smallest absolute Gasteiger partial charge is 0.410 e. The highest BCUT2D eigenvalue weighted by atomic mass is 32.2. The van der Waals surface area contributed by atoms with E-state index in [1.807, 2.05) is 18.2 Å². The van der Waals surface area contributed by atoms with Crippen LogP contribution in [0, 0.1) is 16.7 Å². The molecule has 0 aromatic heterocycles. The van der Waals surface area contributed by atoms with Gasteiger partial charge in [-0.25, -0.2) is 18.0 Å². The molecule has 4 bridgehead atoms. The van der Waals surface area contributed by atoms with E-state index in [0.717, 1.165) is 42.4 Å². The van der Waals surface area contributed by atoms with Crippen molar-refractivity contribution in [3.05, 3.63) is 53.6 Å². The van der Waals surface area contributed by atoms with Crippen LogP contribution < -0.4 is 15.4 Å². The summed E-state index contributed by atoms with van der Waals surface area (Å²) in [5.74, 6) is -2.70. The molecule has 1 spiro atoms. The molecule has 3 heterocycles. The van der Waals surface area contributed by atoms with E-state index in [1.54, 1.807) is 25.7 Å². The second-order valence-electron chi connectivity index (χ2n) is 16.7. The van der Waals surface area contributed by atoms with Crippen LogP contribution in [0.2, 0.25) is 0 Å². The average molecular weight is 752 g/mol. The van der Waals surface area contributed by atoms with E-state index < -0.39 is 80.2 Å². The Morgan fingerprint density at radius 3 is 2.51 bits per heavy atom. The summed E-state index contributed by atoms with van der Waals surface area (Å²) in [5.41, 5.74) is 0.516. The minimum Gasteiger partial charge on any atom is -0.449 e. The maximum atomic E-state index is 14.5. The lowest BCUT2D eigenvalue weighted by Gasteiger charge is -2.35. The Morgan fingerprint density at radius 1 is 1.09 bits per heavy atom. The number of benzene rings is 1. The molecule has 3 saturated carbocycles. The predicted molar refractivity (Wildman–Crippen MR) is 193 cm³/mol. The molecule has 1 saturated heterocycles. The first-order valence-corrected chi connectivity index (χ1v) is 20.1. The second kappa shape index (κ2) is 13.5. The molecule has 14 nitrogen and oxygen atoms in total. The fourth-order valence-electron chi connectivity index (χ4n) is 7.78. The van der Waals surface area contributed by atoms with Gasteiger partial charge in [-0.15, -0.1) is 6.58 Å². The van der Waals surface area contributed by atoms with Gasteiger partial charge in [-0.2, -0.15) is 0 Å². The van der Waals surface area contributed by atoms with Crippen molar-refractivity contribution >= 4 is 46.0 Å². The zero-order valence-corrected chi connectivity index (χ0v) is 31.3. The highest BCUT2D eigenvalue weighted by Crippen LogP contribution is 2.50. The van der Waals surface area contributed by atoms with Crippen molar-refractivity contribution < 1.29 is 41.9 Å². The molecule has 1 aromatic rings. The predicted octanol–water partition coefficient (Wildman–Crippen LogP) is 3.51. The third kappa shape index (κ3) is 7.54. The number of hydrogen-bond acceptors (Lipinski definition) is 9. The van der Waals surface area contributed by atoms with Crippen molar-refractivity contribution in [3.63, 3.8) is 0 Å². The van der Waals surface area contributed by atoms with Crippen molar-refractivity contribution in [3.8, 4) is 0 Å². The van der Waals surface area contributed by atoms with Crippen molar-refractivity contribution in [1.29, 1.82) is 0 Å². The molecule has 7 rings (SSSR count). The summed E-state index contributed by atoms with van der Waals surface area (Å²) in [6.45, 7) is 9.85. The molecule has 6 aliphatic rings. The maximum absolute atomic E-state index is 14.5. The second-order valence-corrected chi connectivity index (χ2v) is 18.7. The molecule has 1 aromatic carbocycles. The molecule has 4 fully saturated rings. The molecule has 3 aliphatic carbocycles. The summed E-state index contributed by atoms with van der Waals surface area (Å²) in [6, 6.07) is 3.61. The highest BCUT2D eigenvalue weighted by Gasteiger charge is 2.62. The van der Waals surface area contributed by atoms with Gasteiger partial charge in [0.1, 0.15) is 23.7 Å². The van der Waals surface area contributed by atoms with Gasteiger partial charge in [0.15, 0.2) is 0 Å². The number of alkyl carbamates (subject to hydrolysis) is 1. The van der Waals surface area contributed by atoms with E-state index >= 15 is 0 Å². The van der Waals surface area contributed by atoms with Gasteiger partial charge in [0, 0.05) is 24.3 Å². The van der Waals surface area contributed by atoms with Crippen molar-refractivity contribution in [2.75, 3.05) is 13.2 Å². The third-order valence-electron chi connectivity index (χ3n) is 11.6. The Labute approximate surface area is 310 Å². The number of fused-ring (bicyclic) bond motifs is 3. The Hall–Kier alpha value is -4.40. The van der Waals surface area contributed by atoms with Crippen LogP contribution in [0.15, 0.2) is 36.9 Å². The molecule has 3 aliphatic heterocycles. The van der Waals surface area contributed by atoms with Crippen molar-refractivity contribution in [1.82, 2.24) is 25.2 Å². The number of nitrogens with one attached hydrogen (secondary N) is 3. The molecule has 286 valence electrons. The lowest BCUT2D eigenvalue weighted by molar-refractivity contribution is -0.143. The number of cyclic esters (lactones) is 1. The number of carbonyl (C=O) groups excluding carboxylic acids is 5. The lowest BCUT2D eigenvalue weighted by Crippen LogP contribution is -2.60. The number of hydrogen-bond donors (Lipinski definition) is 3. The zero-order valence-electron chi connectivity index (χ0n) is 30.5. The van der Waals surface area contributed by atoms with Gasteiger partial charge in [0.2, 0.25) is 21.8 Å². The van der Waals surface area contributed by atoms with Crippen LogP contribution >= 0.6 is 0 Å². The number of carbonyl (C=O) groups is 5. The number of sulfonamides is 1. The van der Waals surface area contributed by atoms with Gasteiger partial charge in [-0.05, 0) is 67.1 Å². The van der Waals surface area contributed by atoms with Crippen LogP contribution in [-0.4, -0.2) is 90.3 Å². The van der Waals surface area contributed by atoms with Crippen LogP contribution in [0.25, 0.3) is 6.08 Å². The SMILES string of the molecule is C=C[C@@H]1C[C@]1(NC(=O)[C@@H]1C[C@@H]2CN1C(=O)[C@H](C(C)(C)C)NC(=O)OCC1(CCC=Cc3cccc4c3CN(C4)C(=O)O2)CC1)C(=O)NS(=O)(=O)C1CC1. The first-order chi connectivity index (χ1) is 25.0. The molecule has 3 N–H and O–H groups in total. The van der Waals surface area contributed by atoms with Gasteiger partial charge in [-0.1, -0.05) is 57.2 Å². The fraction of sp³-hybridized carbons (Fsp3) is 0.605. The quantitative estimate of drug-likeness (QED) is 0.367. The molecule has 15 heteroatoms. The Bertz CT molecular complexity index is 1860. The molecular weight excluding hydrogens is 703 g/mol. The summed E-state index contributed by atoms with van der Waals surface area (Å²) in [5, 5.41) is 4.85. The van der Waals surface area contributed by atoms with E-state index in [1.165, 1.54) is 11.0 Å². The Kier molecular flexibility index (Phi) is 9.39. The van der Waals surface area contributed by atoms with Crippen molar-refractivity contribution in [2.24, 2.45) is 16.7 Å². The van der Waals surface area contributed by atoms with E-state index in [0.29, 0.717) is 25.9 Å². The first-order valence-electron chi connectivity index (χ1n) is 18.5. The lowest BCUT2D eigenvalue weighted by atomic mass is 9.85. The van der Waals surface area contributed by atoms with Gasteiger partial charge in [-0.3, -0.25) is 24.0 Å². The summed E-state index contributed by atoms with van der Waals surface area (Å²) in [7, 11) is -3.91. The summed E-state index contributed by atoms with van der Waals surface area (Å²) in [4.78, 5) is 71.9. The number of nitrogens with zero attached hydrogens (tertiary/aromatic N) is 2. The number of amides is 5. The monoisotopic (exact) mass is 751 g/mol. The van der Waals surface area contributed by atoms with E-state index in [4.69, 9.17) is 9.47 Å². The van der Waals surface area contributed by atoms with E-state index in [9.17, 15) is 32.4 Å². The average Bonchev–Trinajstić information content (AvgIpc) is 4.05. The van der Waals surface area contributed by atoms with Crippen LogP contribution in [0.5, 0.6) is 0 Å². The van der Waals surface area contributed by atoms with Gasteiger partial charge < -0.3 is 25.0 Å². The minimum atomic E-state index is -3.91. The van der Waals surface area contributed by atoms with Crippen LogP contribution in [0.3, 0.4) is 0 Å². The van der Waals surface area contributed by atoms with Gasteiger partial charge in [0.05, 0.1) is 24.9 Å². The fourth-order valence-corrected chi connectivity index (χ4v) is 9.14. The van der Waals surface area contributed by atoms with Crippen LogP contribution in [-0.2, 0) is 47.0 Å². The van der Waals surface area contributed by atoms with Crippen molar-refractivity contribution in [2.45, 2.75) is 114 Å². The van der Waals surface area contributed by atoms with Gasteiger partial charge in [0.25, 0.3) is 5.91 Å². The maximum Gasteiger partial charge on any atom is 0.410 e. The molecule has 5 atom stereocenters. The minimum absolute atomic E-state index is 0.0846. The normalized spacial score (nSPS) is 29.8. The Morgan fingerprint density at radius 2 is 1.85 bits per heavy atom. The summed E-state index contributed by atoms with van der Waals surface area (Å²) < 4.78 is 39.2. The molecule has 5 amide bonds.